The molecule has 0 aromatic carbocycles. The second-order valence-electron chi connectivity index (χ2n) is 9.44. The first-order valence-corrected chi connectivity index (χ1v) is 11.4. The molecule has 2 nitrogen and oxygen atoms in total. The van der Waals surface area contributed by atoms with Gasteiger partial charge in [-0.05, 0) is 73.3 Å². The van der Waals surface area contributed by atoms with Crippen LogP contribution in [0.1, 0.15) is 52.9 Å². The van der Waals surface area contributed by atoms with Crippen LogP contribution in [0.15, 0.2) is 23.8 Å². The first-order valence-electron chi connectivity index (χ1n) is 9.84. The van der Waals surface area contributed by atoms with E-state index in [-0.39, 0.29) is 22.5 Å². The zero-order valence-corrected chi connectivity index (χ0v) is 17.7. The van der Waals surface area contributed by atoms with Gasteiger partial charge in [0, 0.05) is 11.3 Å². The molecule has 0 saturated heterocycles. The van der Waals surface area contributed by atoms with Gasteiger partial charge < -0.3 is 0 Å². The Labute approximate surface area is 165 Å². The molecule has 4 aliphatic rings. The van der Waals surface area contributed by atoms with Crippen LogP contribution < -0.4 is 0 Å². The van der Waals surface area contributed by atoms with Crippen LogP contribution in [0.4, 0.5) is 0 Å². The maximum atomic E-state index is 12.7. The molecule has 0 aromatic rings. The summed E-state index contributed by atoms with van der Waals surface area (Å²) < 4.78 is 0.651. The highest BCUT2D eigenvalue weighted by molar-refractivity contribution is 14.1. The van der Waals surface area contributed by atoms with Gasteiger partial charge >= 0.3 is 0 Å². The summed E-state index contributed by atoms with van der Waals surface area (Å²) in [7, 11) is 0. The van der Waals surface area contributed by atoms with E-state index in [1.54, 1.807) is 6.08 Å². The summed E-state index contributed by atoms with van der Waals surface area (Å²) in [5, 5.41) is 0. The minimum absolute atomic E-state index is 0.0623. The lowest BCUT2D eigenvalue weighted by Gasteiger charge is -2.56. The van der Waals surface area contributed by atoms with Gasteiger partial charge in [-0.3, -0.25) is 9.59 Å². The molecular weight excluding hydrogens is 423 g/mol. The second kappa shape index (κ2) is 6.03. The number of rotatable bonds is 2. The van der Waals surface area contributed by atoms with Gasteiger partial charge in [-0.25, -0.2) is 0 Å². The van der Waals surface area contributed by atoms with Crippen LogP contribution in [-0.4, -0.2) is 16.0 Å². The summed E-state index contributed by atoms with van der Waals surface area (Å²) >= 11 is 2.25. The van der Waals surface area contributed by atoms with E-state index in [4.69, 9.17) is 0 Å². The largest absolute Gasteiger partial charge is 0.299 e. The van der Waals surface area contributed by atoms with Crippen LogP contribution in [0.25, 0.3) is 0 Å². The van der Waals surface area contributed by atoms with Crippen LogP contribution in [0.5, 0.6) is 0 Å². The van der Waals surface area contributed by atoms with Crippen molar-refractivity contribution in [2.45, 2.75) is 52.9 Å². The van der Waals surface area contributed by atoms with E-state index in [2.05, 4.69) is 49.4 Å². The zero-order valence-electron chi connectivity index (χ0n) is 15.6. The van der Waals surface area contributed by atoms with Gasteiger partial charge in [0.1, 0.15) is 5.78 Å². The summed E-state index contributed by atoms with van der Waals surface area (Å²) in [4.78, 5) is 24.6. The number of hydrogen-bond acceptors (Lipinski definition) is 2. The Morgan fingerprint density at radius 2 is 2.04 bits per heavy atom. The number of carbonyl (C=O) groups is 2. The summed E-state index contributed by atoms with van der Waals surface area (Å²) in [6.45, 7) is 7.08. The summed E-state index contributed by atoms with van der Waals surface area (Å²) in [5.74, 6) is 3.41. The summed E-state index contributed by atoms with van der Waals surface area (Å²) in [6.07, 6.45) is 11.7. The number of fused-ring (bicyclic) bond motifs is 5. The maximum Gasteiger partial charge on any atom is 0.178 e. The maximum absolute atomic E-state index is 12.7. The van der Waals surface area contributed by atoms with E-state index in [0.717, 1.165) is 6.42 Å². The predicted molar refractivity (Wildman–Crippen MR) is 109 cm³/mol. The van der Waals surface area contributed by atoms with Gasteiger partial charge in [0.25, 0.3) is 0 Å². The number of Topliss-reactive ketones (excluding diaryl/α,β-unsaturated/α-hetero) is 1. The van der Waals surface area contributed by atoms with E-state index >= 15 is 0 Å². The fraction of sp³-hybridized carbons (Fsp3) is 0.727. The Balaban J connectivity index is 1.68. The Hall–Kier alpha value is -0.450. The Kier molecular flexibility index (Phi) is 4.33. The van der Waals surface area contributed by atoms with E-state index in [9.17, 15) is 9.59 Å². The van der Waals surface area contributed by atoms with Crippen molar-refractivity contribution in [3.8, 4) is 0 Å². The number of halogens is 1. The Morgan fingerprint density at radius 3 is 2.76 bits per heavy atom. The number of ketones is 2. The van der Waals surface area contributed by atoms with Gasteiger partial charge in [-0.15, -0.1) is 0 Å². The van der Waals surface area contributed by atoms with Crippen molar-refractivity contribution in [3.63, 3.8) is 0 Å². The smallest absolute Gasteiger partial charge is 0.178 e. The molecule has 0 spiro atoms. The zero-order chi connectivity index (χ0) is 18.0. The molecule has 4 aliphatic carbocycles. The molecule has 0 amide bonds. The third kappa shape index (κ3) is 2.47. The molecule has 0 radical (unpaired) electrons. The highest BCUT2D eigenvalue weighted by Crippen LogP contribution is 2.67. The molecule has 3 fully saturated rings. The number of carbonyl (C=O) groups excluding carboxylic acids is 2. The molecule has 0 aromatic heterocycles. The minimum Gasteiger partial charge on any atom is -0.299 e. The molecule has 1 unspecified atom stereocenters. The molecule has 0 heterocycles. The molecule has 3 heteroatoms. The van der Waals surface area contributed by atoms with Gasteiger partial charge in [0.15, 0.2) is 5.78 Å². The van der Waals surface area contributed by atoms with Crippen molar-refractivity contribution >= 4 is 34.2 Å². The SMILES string of the molecule is CC1C[C@H]2[C@@H]3CCC4=CC(=O)C=C[C@]4(C)[C@H]3CC[C@]2(C)[C@H]1C(=O)CI. The van der Waals surface area contributed by atoms with Crippen molar-refractivity contribution in [1.82, 2.24) is 0 Å². The number of hydrogen-bond donors (Lipinski definition) is 0. The van der Waals surface area contributed by atoms with Crippen molar-refractivity contribution in [3.05, 3.63) is 23.8 Å². The molecule has 0 bridgehead atoms. The molecule has 4 rings (SSSR count). The summed E-state index contributed by atoms with van der Waals surface area (Å²) in [6, 6.07) is 0. The summed E-state index contributed by atoms with van der Waals surface area (Å²) in [5.41, 5.74) is 1.61. The van der Waals surface area contributed by atoms with Crippen molar-refractivity contribution in [1.29, 1.82) is 0 Å². The fourth-order valence-electron chi connectivity index (χ4n) is 7.33. The monoisotopic (exact) mass is 452 g/mol. The highest BCUT2D eigenvalue weighted by atomic mass is 127. The normalized spacial score (nSPS) is 48.4. The molecule has 7 atom stereocenters. The third-order valence-corrected chi connectivity index (χ3v) is 9.13. The lowest BCUT2D eigenvalue weighted by molar-refractivity contribution is -0.127. The second-order valence-corrected chi connectivity index (χ2v) is 10.2. The van der Waals surface area contributed by atoms with Crippen LogP contribution in [0.2, 0.25) is 0 Å². The standard InChI is InChI=1S/C22H29IO2/c1-13-10-18-16-5-4-14-11-15(24)6-8-21(14,2)17(16)7-9-22(18,3)20(13)19(25)12-23/h6,8,11,13,16-18,20H,4-5,7,9-10,12H2,1-3H3/t13?,16-,17+,18+,20-,21+,22+/m1/s1. The average molecular weight is 452 g/mol. The fourth-order valence-corrected chi connectivity index (χ4v) is 7.80. The molecule has 136 valence electrons. The number of alkyl halides is 1. The topological polar surface area (TPSA) is 34.1 Å². The van der Waals surface area contributed by atoms with Crippen molar-refractivity contribution in [2.24, 2.45) is 40.4 Å². The van der Waals surface area contributed by atoms with E-state index in [0.29, 0.717) is 33.9 Å². The van der Waals surface area contributed by atoms with E-state index in [1.807, 2.05) is 6.08 Å². The quantitative estimate of drug-likeness (QED) is 0.429. The molecule has 3 saturated carbocycles. The Bertz CT molecular complexity index is 678. The molecule has 0 aliphatic heterocycles. The van der Waals surface area contributed by atoms with Gasteiger partial charge in [-0.2, -0.15) is 0 Å². The van der Waals surface area contributed by atoms with Crippen molar-refractivity contribution in [2.75, 3.05) is 4.43 Å². The van der Waals surface area contributed by atoms with Crippen LogP contribution >= 0.6 is 22.6 Å². The first-order chi connectivity index (χ1) is 11.8. The minimum atomic E-state index is 0.0623. The number of allylic oxidation sites excluding steroid dienone is 4. The van der Waals surface area contributed by atoms with Crippen LogP contribution in [0.3, 0.4) is 0 Å². The third-order valence-electron chi connectivity index (χ3n) is 8.38. The Morgan fingerprint density at radius 1 is 1.28 bits per heavy atom. The van der Waals surface area contributed by atoms with E-state index < -0.39 is 0 Å². The average Bonchev–Trinajstić information content (AvgIpc) is 2.85. The molecular formula is C22H29IO2. The predicted octanol–water partition coefficient (Wildman–Crippen LogP) is 5.16. The van der Waals surface area contributed by atoms with Crippen LogP contribution in [-0.2, 0) is 9.59 Å². The lowest BCUT2D eigenvalue weighted by atomic mass is 9.47. The van der Waals surface area contributed by atoms with Gasteiger partial charge in [0.2, 0.25) is 0 Å². The molecule has 0 N–H and O–H groups in total. The van der Waals surface area contributed by atoms with Gasteiger partial charge in [-0.1, -0.05) is 55.0 Å². The lowest BCUT2D eigenvalue weighted by Crippen LogP contribution is -2.50. The van der Waals surface area contributed by atoms with E-state index in [1.165, 1.54) is 31.3 Å². The van der Waals surface area contributed by atoms with Gasteiger partial charge in [0.05, 0.1) is 4.43 Å². The highest BCUT2D eigenvalue weighted by Gasteiger charge is 2.61. The first kappa shape index (κ1) is 17.9. The van der Waals surface area contributed by atoms with Crippen molar-refractivity contribution < 1.29 is 9.59 Å². The van der Waals surface area contributed by atoms with Crippen LogP contribution in [0, 0.1) is 40.4 Å². The molecule has 25 heavy (non-hydrogen) atoms.